The summed E-state index contributed by atoms with van der Waals surface area (Å²) in [6.07, 6.45) is 3.80. The minimum Gasteiger partial charge on any atom is -0.497 e. The average Bonchev–Trinajstić information content (AvgIpc) is 3.19. The predicted octanol–water partition coefficient (Wildman–Crippen LogP) is 2.89. The highest BCUT2D eigenvalue weighted by molar-refractivity contribution is 5.92. The van der Waals surface area contributed by atoms with Gasteiger partial charge in [-0.2, -0.15) is 0 Å². The van der Waals surface area contributed by atoms with Crippen molar-refractivity contribution in [3.8, 4) is 11.5 Å². The molecule has 3 rings (SSSR count). The van der Waals surface area contributed by atoms with Crippen LogP contribution in [-0.4, -0.2) is 47.9 Å². The molecule has 1 amide bonds. The van der Waals surface area contributed by atoms with E-state index < -0.39 is 0 Å². The molecular weight excluding hydrogens is 348 g/mol. The van der Waals surface area contributed by atoms with Gasteiger partial charge in [0.05, 0.1) is 7.11 Å². The van der Waals surface area contributed by atoms with Crippen LogP contribution in [-0.2, 0) is 6.61 Å². The summed E-state index contributed by atoms with van der Waals surface area (Å²) in [5.41, 5.74) is 0.307. The summed E-state index contributed by atoms with van der Waals surface area (Å²) in [7, 11) is 1.60. The van der Waals surface area contributed by atoms with Crippen molar-refractivity contribution in [2.24, 2.45) is 5.92 Å². The molecule has 0 aliphatic carbocycles. The molecule has 0 saturated carbocycles. The number of nitrogens with zero attached hydrogens (tertiary/aromatic N) is 2. The number of piperidine rings is 1. The fourth-order valence-corrected chi connectivity index (χ4v) is 3.35. The molecular formula is C20H26N2O5. The minimum absolute atomic E-state index is 0.111. The molecule has 1 fully saturated rings. The minimum atomic E-state index is -0.111. The summed E-state index contributed by atoms with van der Waals surface area (Å²) < 4.78 is 16.1. The molecule has 27 heavy (non-hydrogen) atoms. The van der Waals surface area contributed by atoms with E-state index in [9.17, 15) is 4.79 Å². The van der Waals surface area contributed by atoms with Gasteiger partial charge < -0.3 is 24.0 Å². The Morgan fingerprint density at radius 1 is 1.37 bits per heavy atom. The van der Waals surface area contributed by atoms with Gasteiger partial charge in [0.1, 0.15) is 18.1 Å². The Hall–Kier alpha value is -2.54. The molecule has 1 aliphatic heterocycles. The molecule has 0 bridgehead atoms. The molecule has 1 N–H and O–H groups in total. The van der Waals surface area contributed by atoms with Crippen molar-refractivity contribution < 1.29 is 23.9 Å². The van der Waals surface area contributed by atoms with E-state index in [2.05, 4.69) is 5.16 Å². The number of hydrogen-bond acceptors (Lipinski definition) is 6. The molecule has 1 unspecified atom stereocenters. The van der Waals surface area contributed by atoms with Crippen LogP contribution < -0.4 is 9.47 Å². The number of likely N-dealkylation sites (tertiary alicyclic amines) is 1. The molecule has 1 aliphatic rings. The van der Waals surface area contributed by atoms with E-state index in [1.54, 1.807) is 19.2 Å². The summed E-state index contributed by atoms with van der Waals surface area (Å²) in [6.45, 7) is 1.83. The maximum Gasteiger partial charge on any atom is 0.276 e. The van der Waals surface area contributed by atoms with Crippen LogP contribution in [0.1, 0.15) is 41.9 Å². The molecule has 1 aromatic carbocycles. The zero-order valence-corrected chi connectivity index (χ0v) is 15.6. The Balaban J connectivity index is 1.55. The van der Waals surface area contributed by atoms with Gasteiger partial charge in [0, 0.05) is 31.8 Å². The second-order valence-corrected chi connectivity index (χ2v) is 6.77. The highest BCUT2D eigenvalue weighted by Gasteiger charge is 2.26. The summed E-state index contributed by atoms with van der Waals surface area (Å²) in [5.74, 6) is 2.19. The number of amides is 1. The van der Waals surface area contributed by atoms with Crippen molar-refractivity contribution in [3.05, 3.63) is 41.8 Å². The van der Waals surface area contributed by atoms with Crippen molar-refractivity contribution in [2.75, 3.05) is 26.8 Å². The van der Waals surface area contributed by atoms with Gasteiger partial charge in [-0.1, -0.05) is 11.2 Å². The molecule has 2 heterocycles. The number of aliphatic hydroxyl groups is 1. The Morgan fingerprint density at radius 3 is 3.04 bits per heavy atom. The molecule has 7 nitrogen and oxygen atoms in total. The highest BCUT2D eigenvalue weighted by atomic mass is 16.5. The molecule has 1 atom stereocenters. The van der Waals surface area contributed by atoms with Gasteiger partial charge in [-0.05, 0) is 43.7 Å². The van der Waals surface area contributed by atoms with E-state index in [0.29, 0.717) is 35.4 Å². The van der Waals surface area contributed by atoms with Crippen LogP contribution in [0.15, 0.2) is 34.9 Å². The SMILES string of the molecule is COc1cccc(OCc2cc(C(=O)N3CCCC(CCCO)C3)no2)c1. The average molecular weight is 374 g/mol. The van der Waals surface area contributed by atoms with Crippen molar-refractivity contribution in [1.29, 1.82) is 0 Å². The summed E-state index contributed by atoms with van der Waals surface area (Å²) in [5, 5.41) is 12.9. The molecule has 0 spiro atoms. The number of carbonyl (C=O) groups excluding carboxylic acids is 1. The number of hydrogen-bond donors (Lipinski definition) is 1. The van der Waals surface area contributed by atoms with Crippen LogP contribution in [0.4, 0.5) is 0 Å². The molecule has 7 heteroatoms. The largest absolute Gasteiger partial charge is 0.497 e. The van der Waals surface area contributed by atoms with Crippen LogP contribution in [0, 0.1) is 5.92 Å². The fourth-order valence-electron chi connectivity index (χ4n) is 3.35. The first-order chi connectivity index (χ1) is 13.2. The lowest BCUT2D eigenvalue weighted by molar-refractivity contribution is 0.0653. The Labute approximate surface area is 158 Å². The zero-order valence-electron chi connectivity index (χ0n) is 15.6. The third kappa shape index (κ3) is 5.23. The maximum atomic E-state index is 12.7. The van der Waals surface area contributed by atoms with Gasteiger partial charge in [-0.25, -0.2) is 0 Å². The van der Waals surface area contributed by atoms with Gasteiger partial charge in [0.2, 0.25) is 0 Å². The van der Waals surface area contributed by atoms with Crippen LogP contribution >= 0.6 is 0 Å². The molecule has 1 aromatic heterocycles. The standard InChI is InChI=1S/C20H26N2O5/c1-25-16-7-2-8-17(11-16)26-14-18-12-19(21-27-18)20(24)22-9-3-5-15(13-22)6-4-10-23/h2,7-8,11-12,15,23H,3-6,9-10,13-14H2,1H3. The number of benzene rings is 1. The van der Waals surface area contributed by atoms with E-state index in [1.807, 2.05) is 23.1 Å². The summed E-state index contributed by atoms with van der Waals surface area (Å²) >= 11 is 0. The lowest BCUT2D eigenvalue weighted by Crippen LogP contribution is -2.40. The lowest BCUT2D eigenvalue weighted by atomic mass is 9.93. The van der Waals surface area contributed by atoms with Crippen molar-refractivity contribution in [3.63, 3.8) is 0 Å². The quantitative estimate of drug-likeness (QED) is 0.765. The van der Waals surface area contributed by atoms with Crippen LogP contribution in [0.3, 0.4) is 0 Å². The van der Waals surface area contributed by atoms with Crippen molar-refractivity contribution in [2.45, 2.75) is 32.3 Å². The third-order valence-electron chi connectivity index (χ3n) is 4.78. The summed E-state index contributed by atoms with van der Waals surface area (Å²) in [4.78, 5) is 14.5. The van der Waals surface area contributed by atoms with E-state index >= 15 is 0 Å². The first-order valence-corrected chi connectivity index (χ1v) is 9.32. The predicted molar refractivity (Wildman–Crippen MR) is 98.8 cm³/mol. The third-order valence-corrected chi connectivity index (χ3v) is 4.78. The first kappa shape index (κ1) is 19.2. The second-order valence-electron chi connectivity index (χ2n) is 6.77. The Kier molecular flexibility index (Phi) is 6.70. The highest BCUT2D eigenvalue weighted by Crippen LogP contribution is 2.23. The van der Waals surface area contributed by atoms with Crippen molar-refractivity contribution in [1.82, 2.24) is 10.1 Å². The van der Waals surface area contributed by atoms with Gasteiger partial charge >= 0.3 is 0 Å². The number of aliphatic hydroxyl groups excluding tert-OH is 1. The number of ether oxygens (including phenoxy) is 2. The smallest absolute Gasteiger partial charge is 0.276 e. The van der Waals surface area contributed by atoms with E-state index in [1.165, 1.54) is 0 Å². The number of carbonyl (C=O) groups is 1. The van der Waals surface area contributed by atoms with E-state index in [0.717, 1.165) is 32.2 Å². The van der Waals surface area contributed by atoms with Gasteiger partial charge in [-0.15, -0.1) is 0 Å². The van der Waals surface area contributed by atoms with E-state index in [-0.39, 0.29) is 19.1 Å². The van der Waals surface area contributed by atoms with Gasteiger partial charge in [0.25, 0.3) is 5.91 Å². The fraction of sp³-hybridized carbons (Fsp3) is 0.500. The van der Waals surface area contributed by atoms with Crippen molar-refractivity contribution >= 4 is 5.91 Å². The zero-order chi connectivity index (χ0) is 19.1. The van der Waals surface area contributed by atoms with Crippen LogP contribution in [0.2, 0.25) is 0 Å². The normalized spacial score (nSPS) is 17.0. The molecule has 0 radical (unpaired) electrons. The number of rotatable bonds is 8. The van der Waals surface area contributed by atoms with Gasteiger partial charge in [-0.3, -0.25) is 4.79 Å². The number of aromatic nitrogens is 1. The Morgan fingerprint density at radius 2 is 2.22 bits per heavy atom. The monoisotopic (exact) mass is 374 g/mol. The molecule has 1 saturated heterocycles. The van der Waals surface area contributed by atoms with Crippen LogP contribution in [0.25, 0.3) is 0 Å². The topological polar surface area (TPSA) is 85.0 Å². The first-order valence-electron chi connectivity index (χ1n) is 9.32. The van der Waals surface area contributed by atoms with E-state index in [4.69, 9.17) is 19.1 Å². The Bertz CT molecular complexity index is 745. The van der Waals surface area contributed by atoms with Crippen LogP contribution in [0.5, 0.6) is 11.5 Å². The van der Waals surface area contributed by atoms with Gasteiger partial charge in [0.15, 0.2) is 11.5 Å². The lowest BCUT2D eigenvalue weighted by Gasteiger charge is -2.32. The molecule has 146 valence electrons. The molecule has 2 aromatic rings. The number of methoxy groups -OCH3 is 1. The summed E-state index contributed by atoms with van der Waals surface area (Å²) in [6, 6.07) is 8.92. The second kappa shape index (κ2) is 9.41. The maximum absolute atomic E-state index is 12.7.